The van der Waals surface area contributed by atoms with Crippen LogP contribution in [0.2, 0.25) is 0 Å². The predicted octanol–water partition coefficient (Wildman–Crippen LogP) is 1.27. The van der Waals surface area contributed by atoms with E-state index in [2.05, 4.69) is 27.7 Å². The molecular formula is C19H17N3O3. The number of pyridine rings is 1. The minimum absolute atomic E-state index is 0.211. The number of fused-ring (bicyclic) bond motifs is 2. The SMILES string of the molecule is CCCOC1c2nccc3c2=C(C(=NOC=C=O)CC=3)n2cccc21. The standard InChI is InChI=1S/C19H17N3O3/c1-2-11-24-19-15-4-3-9-22(15)18-14(21-25-12-10-23)6-5-13-7-8-20-17(19)16(13)18/h3-5,7-9,12,19H,2,6,11H2,1H3. The average Bonchev–Trinajstić information content (AvgIpc) is 3.12. The van der Waals surface area contributed by atoms with Gasteiger partial charge < -0.3 is 14.1 Å². The molecular weight excluding hydrogens is 318 g/mol. The first-order chi connectivity index (χ1) is 12.3. The molecule has 2 aromatic heterocycles. The maximum Gasteiger partial charge on any atom is 0.205 e. The number of hydrogen-bond donors (Lipinski definition) is 0. The Balaban J connectivity index is 1.99. The highest BCUT2D eigenvalue weighted by Crippen LogP contribution is 2.30. The maximum absolute atomic E-state index is 10.3. The van der Waals surface area contributed by atoms with E-state index < -0.39 is 0 Å². The van der Waals surface area contributed by atoms with E-state index in [4.69, 9.17) is 9.57 Å². The van der Waals surface area contributed by atoms with Crippen molar-refractivity contribution in [1.29, 1.82) is 0 Å². The Hall–Kier alpha value is -2.95. The van der Waals surface area contributed by atoms with Crippen LogP contribution in [-0.2, 0) is 14.4 Å². The van der Waals surface area contributed by atoms with Gasteiger partial charge in [-0.25, -0.2) is 4.79 Å². The van der Waals surface area contributed by atoms with Gasteiger partial charge in [0.1, 0.15) is 11.8 Å². The van der Waals surface area contributed by atoms with Crippen molar-refractivity contribution in [3.63, 3.8) is 0 Å². The Morgan fingerprint density at radius 2 is 2.40 bits per heavy atom. The van der Waals surface area contributed by atoms with Gasteiger partial charge in [-0.15, -0.1) is 0 Å². The quantitative estimate of drug-likeness (QED) is 0.469. The second kappa shape index (κ2) is 6.51. The molecule has 1 aliphatic heterocycles. The van der Waals surface area contributed by atoms with E-state index in [1.165, 1.54) is 0 Å². The van der Waals surface area contributed by atoms with Gasteiger partial charge in [-0.3, -0.25) is 4.98 Å². The van der Waals surface area contributed by atoms with E-state index in [1.54, 1.807) is 5.94 Å². The van der Waals surface area contributed by atoms with Crippen LogP contribution in [0.5, 0.6) is 0 Å². The lowest BCUT2D eigenvalue weighted by Crippen LogP contribution is -2.44. The maximum atomic E-state index is 10.3. The van der Waals surface area contributed by atoms with Crippen LogP contribution in [0.4, 0.5) is 0 Å². The molecule has 126 valence electrons. The highest BCUT2D eigenvalue weighted by Gasteiger charge is 2.31. The fraction of sp³-hybridized carbons (Fsp3) is 0.263. The molecule has 0 fully saturated rings. The zero-order valence-corrected chi connectivity index (χ0v) is 13.8. The lowest BCUT2D eigenvalue weighted by Gasteiger charge is -2.28. The molecule has 6 heteroatoms. The molecule has 2 aliphatic rings. The van der Waals surface area contributed by atoms with E-state index in [-0.39, 0.29) is 6.10 Å². The number of hydrogen-bond acceptors (Lipinski definition) is 5. The molecule has 0 radical (unpaired) electrons. The van der Waals surface area contributed by atoms with E-state index in [9.17, 15) is 4.79 Å². The number of rotatable bonds is 5. The predicted molar refractivity (Wildman–Crippen MR) is 92.7 cm³/mol. The number of aromatic nitrogens is 2. The van der Waals surface area contributed by atoms with E-state index >= 15 is 0 Å². The molecule has 1 aliphatic carbocycles. The van der Waals surface area contributed by atoms with Crippen molar-refractivity contribution in [2.75, 3.05) is 6.61 Å². The van der Waals surface area contributed by atoms with Crippen LogP contribution >= 0.6 is 0 Å². The van der Waals surface area contributed by atoms with Crippen LogP contribution in [0.25, 0.3) is 11.8 Å². The van der Waals surface area contributed by atoms with Crippen molar-refractivity contribution in [3.05, 3.63) is 58.7 Å². The van der Waals surface area contributed by atoms with Gasteiger partial charge in [0, 0.05) is 30.6 Å². The molecule has 2 aromatic rings. The summed E-state index contributed by atoms with van der Waals surface area (Å²) in [5.41, 5.74) is 3.57. The van der Waals surface area contributed by atoms with Crippen molar-refractivity contribution in [3.8, 4) is 0 Å². The number of carbonyl (C=O) groups excluding carboxylic acids is 1. The summed E-state index contributed by atoms with van der Waals surface area (Å²) < 4.78 is 8.19. The van der Waals surface area contributed by atoms with Gasteiger partial charge in [-0.1, -0.05) is 18.2 Å². The molecule has 3 heterocycles. The van der Waals surface area contributed by atoms with Crippen molar-refractivity contribution in [1.82, 2.24) is 9.55 Å². The zero-order valence-electron chi connectivity index (χ0n) is 13.8. The van der Waals surface area contributed by atoms with Gasteiger partial charge in [0.05, 0.1) is 17.1 Å². The monoisotopic (exact) mass is 335 g/mol. The topological polar surface area (TPSA) is 65.7 Å². The summed E-state index contributed by atoms with van der Waals surface area (Å²) in [6.45, 7) is 2.75. The first-order valence-electron chi connectivity index (χ1n) is 8.26. The summed E-state index contributed by atoms with van der Waals surface area (Å²) in [4.78, 5) is 19.9. The van der Waals surface area contributed by atoms with E-state index in [0.29, 0.717) is 13.0 Å². The molecule has 0 saturated heterocycles. The second-order valence-electron chi connectivity index (χ2n) is 5.85. The molecule has 0 N–H and O–H groups in total. The van der Waals surface area contributed by atoms with Crippen LogP contribution in [0.3, 0.4) is 0 Å². The normalized spacial score (nSPS) is 18.8. The molecule has 0 amide bonds. The van der Waals surface area contributed by atoms with E-state index in [1.807, 2.05) is 30.6 Å². The van der Waals surface area contributed by atoms with Gasteiger partial charge in [-0.05, 0) is 29.8 Å². The third kappa shape index (κ3) is 2.52. The fourth-order valence-electron chi connectivity index (χ4n) is 3.37. The molecule has 0 saturated carbocycles. The Bertz CT molecular complexity index is 1010. The highest BCUT2D eigenvalue weighted by atomic mass is 16.6. The summed E-state index contributed by atoms with van der Waals surface area (Å²) in [7, 11) is 0. The van der Waals surface area contributed by atoms with Crippen LogP contribution < -0.4 is 10.4 Å². The van der Waals surface area contributed by atoms with Crippen LogP contribution in [-0.4, -0.2) is 27.8 Å². The Morgan fingerprint density at radius 3 is 3.24 bits per heavy atom. The van der Waals surface area contributed by atoms with E-state index in [0.717, 1.165) is 45.9 Å². The molecule has 25 heavy (non-hydrogen) atoms. The van der Waals surface area contributed by atoms with Gasteiger partial charge in [0.25, 0.3) is 0 Å². The van der Waals surface area contributed by atoms with Crippen molar-refractivity contribution < 1.29 is 14.4 Å². The third-order valence-corrected chi connectivity index (χ3v) is 4.33. The first-order valence-corrected chi connectivity index (χ1v) is 8.26. The molecule has 0 aromatic carbocycles. The van der Waals surface area contributed by atoms with Crippen LogP contribution in [0.1, 0.15) is 37.3 Å². The number of oxime groups is 1. The average molecular weight is 335 g/mol. The summed E-state index contributed by atoms with van der Waals surface area (Å²) in [5.74, 6) is 1.57. The summed E-state index contributed by atoms with van der Waals surface area (Å²) in [5, 5.41) is 6.22. The molecule has 1 unspecified atom stereocenters. The first kappa shape index (κ1) is 15.6. The smallest absolute Gasteiger partial charge is 0.205 e. The minimum Gasteiger partial charge on any atom is -0.366 e. The fourth-order valence-corrected chi connectivity index (χ4v) is 3.37. The van der Waals surface area contributed by atoms with Crippen molar-refractivity contribution in [2.24, 2.45) is 5.16 Å². The van der Waals surface area contributed by atoms with Gasteiger partial charge in [0.15, 0.2) is 5.94 Å². The van der Waals surface area contributed by atoms with Gasteiger partial charge in [-0.2, -0.15) is 0 Å². The Labute approximate surface area is 144 Å². The minimum atomic E-state index is -0.211. The van der Waals surface area contributed by atoms with Crippen molar-refractivity contribution in [2.45, 2.75) is 25.9 Å². The summed E-state index contributed by atoms with van der Waals surface area (Å²) >= 11 is 0. The highest BCUT2D eigenvalue weighted by molar-refractivity contribution is 6.21. The van der Waals surface area contributed by atoms with Crippen molar-refractivity contribution >= 4 is 23.4 Å². The summed E-state index contributed by atoms with van der Waals surface area (Å²) in [6.07, 6.45) is 8.13. The Morgan fingerprint density at radius 1 is 1.48 bits per heavy atom. The second-order valence-corrected chi connectivity index (χ2v) is 5.85. The number of nitrogens with zero attached hydrogens (tertiary/aromatic N) is 3. The summed E-state index contributed by atoms with van der Waals surface area (Å²) in [6, 6.07) is 6.01. The molecule has 0 spiro atoms. The molecule has 4 rings (SSSR count). The zero-order chi connectivity index (χ0) is 17.2. The number of ether oxygens (including phenoxy) is 1. The lowest BCUT2D eigenvalue weighted by atomic mass is 9.95. The molecule has 1 atom stereocenters. The Kier molecular flexibility index (Phi) is 4.06. The molecule has 6 nitrogen and oxygen atoms in total. The van der Waals surface area contributed by atoms with Gasteiger partial charge in [0.2, 0.25) is 6.26 Å². The molecule has 0 bridgehead atoms. The van der Waals surface area contributed by atoms with Crippen LogP contribution in [0, 0.1) is 0 Å². The van der Waals surface area contributed by atoms with Crippen LogP contribution in [0.15, 0.2) is 42.0 Å². The largest absolute Gasteiger partial charge is 0.366 e. The van der Waals surface area contributed by atoms with Gasteiger partial charge >= 0.3 is 0 Å². The third-order valence-electron chi connectivity index (χ3n) is 4.33. The lowest BCUT2D eigenvalue weighted by molar-refractivity contribution is 0.0722.